The Kier molecular flexibility index (Phi) is 4.70. The molecule has 1 atom stereocenters. The van der Waals surface area contributed by atoms with Gasteiger partial charge >= 0.3 is 0 Å². The first-order valence-corrected chi connectivity index (χ1v) is 10.7. The Morgan fingerprint density at radius 3 is 2.68 bits per heavy atom. The summed E-state index contributed by atoms with van der Waals surface area (Å²) in [6.45, 7) is 2.04. The number of benzene rings is 2. The van der Waals surface area contributed by atoms with E-state index in [-0.39, 0.29) is 0 Å². The molecule has 0 saturated heterocycles. The van der Waals surface area contributed by atoms with Crippen LogP contribution in [-0.4, -0.2) is 27.0 Å². The molecular formula is C23H23Cl2N3. The highest BCUT2D eigenvalue weighted by Gasteiger charge is 2.31. The zero-order valence-corrected chi connectivity index (χ0v) is 17.5. The highest BCUT2D eigenvalue weighted by Crippen LogP contribution is 2.34. The van der Waals surface area contributed by atoms with Crippen molar-refractivity contribution in [1.29, 1.82) is 0 Å². The van der Waals surface area contributed by atoms with Gasteiger partial charge in [-0.15, -0.1) is 0 Å². The van der Waals surface area contributed by atoms with E-state index >= 15 is 0 Å². The van der Waals surface area contributed by atoms with E-state index in [0.29, 0.717) is 6.04 Å². The Bertz CT molecular complexity index is 1040. The van der Waals surface area contributed by atoms with Crippen LogP contribution < -0.4 is 0 Å². The van der Waals surface area contributed by atoms with Gasteiger partial charge in [-0.05, 0) is 48.6 Å². The molecule has 3 aromatic rings. The number of nitrogens with zero attached hydrogens (tertiary/aromatic N) is 3. The van der Waals surface area contributed by atoms with E-state index < -0.39 is 0 Å². The van der Waals surface area contributed by atoms with Gasteiger partial charge in [0, 0.05) is 48.9 Å². The summed E-state index contributed by atoms with van der Waals surface area (Å²) >= 11 is 12.9. The van der Waals surface area contributed by atoms with Gasteiger partial charge in [0.2, 0.25) is 0 Å². The Morgan fingerprint density at radius 1 is 1.00 bits per heavy atom. The first kappa shape index (κ1) is 18.2. The van der Waals surface area contributed by atoms with Crippen LogP contribution in [0.2, 0.25) is 10.0 Å². The van der Waals surface area contributed by atoms with Gasteiger partial charge < -0.3 is 4.57 Å². The Hall–Kier alpha value is -1.81. The summed E-state index contributed by atoms with van der Waals surface area (Å²) in [5.41, 5.74) is 6.29. The smallest absolute Gasteiger partial charge is 0.141 e. The quantitative estimate of drug-likeness (QED) is 0.569. The van der Waals surface area contributed by atoms with Gasteiger partial charge in [0.25, 0.3) is 0 Å². The molecule has 1 aliphatic heterocycles. The van der Waals surface area contributed by atoms with Gasteiger partial charge in [-0.25, -0.2) is 4.98 Å². The van der Waals surface area contributed by atoms with Crippen LogP contribution in [0.25, 0.3) is 11.4 Å². The van der Waals surface area contributed by atoms with Crippen molar-refractivity contribution in [2.75, 3.05) is 6.54 Å². The van der Waals surface area contributed by atoms with Crippen molar-refractivity contribution in [2.45, 2.75) is 38.3 Å². The van der Waals surface area contributed by atoms with Crippen molar-refractivity contribution < 1.29 is 0 Å². The molecular weight excluding hydrogens is 389 g/mol. The van der Waals surface area contributed by atoms with Gasteiger partial charge in [0.05, 0.1) is 10.7 Å². The molecule has 5 rings (SSSR count). The fraction of sp³-hybridized carbons (Fsp3) is 0.348. The number of hydrogen-bond acceptors (Lipinski definition) is 2. The maximum atomic E-state index is 6.48. The van der Waals surface area contributed by atoms with Gasteiger partial charge in [0.15, 0.2) is 0 Å². The van der Waals surface area contributed by atoms with Crippen molar-refractivity contribution in [1.82, 2.24) is 14.5 Å². The molecule has 1 unspecified atom stereocenters. The first-order chi connectivity index (χ1) is 13.6. The number of imidazole rings is 1. The molecule has 144 valence electrons. The van der Waals surface area contributed by atoms with Crippen LogP contribution in [0.3, 0.4) is 0 Å². The summed E-state index contributed by atoms with van der Waals surface area (Å²) in [7, 11) is 2.11. The maximum absolute atomic E-state index is 6.48. The summed E-state index contributed by atoms with van der Waals surface area (Å²) < 4.78 is 2.23. The number of rotatable bonds is 2. The summed E-state index contributed by atoms with van der Waals surface area (Å²) in [4.78, 5) is 7.61. The highest BCUT2D eigenvalue weighted by atomic mass is 35.5. The summed E-state index contributed by atoms with van der Waals surface area (Å²) in [5, 5.41) is 1.66. The zero-order valence-electron chi connectivity index (χ0n) is 16.0. The molecule has 0 radical (unpaired) electrons. The molecule has 2 heterocycles. The fourth-order valence-corrected chi connectivity index (χ4v) is 5.23. The van der Waals surface area contributed by atoms with Gasteiger partial charge in [-0.3, -0.25) is 4.90 Å². The van der Waals surface area contributed by atoms with Crippen LogP contribution in [0.4, 0.5) is 0 Å². The molecule has 0 fully saturated rings. The van der Waals surface area contributed by atoms with Crippen molar-refractivity contribution in [3.8, 4) is 11.4 Å². The molecule has 5 heteroatoms. The number of hydrogen-bond donors (Lipinski definition) is 0. The van der Waals surface area contributed by atoms with E-state index in [9.17, 15) is 0 Å². The van der Waals surface area contributed by atoms with E-state index in [1.165, 1.54) is 22.5 Å². The molecule has 0 N–H and O–H groups in total. The second kappa shape index (κ2) is 7.22. The van der Waals surface area contributed by atoms with Gasteiger partial charge in [-0.1, -0.05) is 47.5 Å². The molecule has 0 amide bonds. The molecule has 0 spiro atoms. The van der Waals surface area contributed by atoms with E-state index in [2.05, 4.69) is 34.7 Å². The van der Waals surface area contributed by atoms with E-state index in [1.54, 1.807) is 0 Å². The molecule has 2 aliphatic rings. The molecule has 3 nitrogen and oxygen atoms in total. The third kappa shape index (κ3) is 3.06. The fourth-order valence-electron chi connectivity index (χ4n) is 4.76. The minimum Gasteiger partial charge on any atom is -0.331 e. The summed E-state index contributed by atoms with van der Waals surface area (Å²) in [6, 6.07) is 14.8. The number of halogens is 2. The predicted molar refractivity (Wildman–Crippen MR) is 115 cm³/mol. The topological polar surface area (TPSA) is 21.1 Å². The molecule has 1 aliphatic carbocycles. The van der Waals surface area contributed by atoms with Crippen LogP contribution in [0.1, 0.15) is 28.9 Å². The van der Waals surface area contributed by atoms with Crippen LogP contribution in [0.15, 0.2) is 42.5 Å². The van der Waals surface area contributed by atoms with Crippen LogP contribution in [-0.2, 0) is 32.9 Å². The van der Waals surface area contributed by atoms with Gasteiger partial charge in [0.1, 0.15) is 5.82 Å². The second-order valence-electron chi connectivity index (χ2n) is 7.86. The third-order valence-electron chi connectivity index (χ3n) is 6.32. The van der Waals surface area contributed by atoms with E-state index in [4.69, 9.17) is 28.2 Å². The van der Waals surface area contributed by atoms with Crippen molar-refractivity contribution >= 4 is 23.2 Å². The average molecular weight is 412 g/mol. The lowest BCUT2D eigenvalue weighted by molar-refractivity contribution is 0.161. The lowest BCUT2D eigenvalue weighted by Gasteiger charge is -2.37. The van der Waals surface area contributed by atoms with Crippen molar-refractivity contribution in [3.63, 3.8) is 0 Å². The molecule has 2 aromatic carbocycles. The van der Waals surface area contributed by atoms with Crippen LogP contribution >= 0.6 is 23.2 Å². The third-order valence-corrected chi connectivity index (χ3v) is 7.00. The Balaban J connectivity index is 1.41. The molecule has 0 bridgehead atoms. The Labute approximate surface area is 175 Å². The summed E-state index contributed by atoms with van der Waals surface area (Å²) in [6.07, 6.45) is 4.29. The monoisotopic (exact) mass is 411 g/mol. The molecule has 28 heavy (non-hydrogen) atoms. The molecule has 0 saturated carbocycles. The second-order valence-corrected chi connectivity index (χ2v) is 8.68. The number of fused-ring (bicyclic) bond motifs is 2. The Morgan fingerprint density at radius 2 is 1.82 bits per heavy atom. The standard InChI is InChI=1S/C23H23Cl2N3/c1-27-22-10-9-16(28-12-11-15-5-4-8-20(25)18(15)14-28)13-21(22)26-23(27)17-6-2-3-7-19(17)24/h2-8,16H,9-14H2,1H3. The largest absolute Gasteiger partial charge is 0.331 e. The number of aromatic nitrogens is 2. The van der Waals surface area contributed by atoms with Crippen LogP contribution in [0, 0.1) is 0 Å². The summed E-state index contributed by atoms with van der Waals surface area (Å²) in [5.74, 6) is 0.975. The van der Waals surface area contributed by atoms with E-state index in [1.807, 2.05) is 24.3 Å². The minimum atomic E-state index is 0.519. The molecule has 1 aromatic heterocycles. The van der Waals surface area contributed by atoms with Crippen molar-refractivity contribution in [2.24, 2.45) is 7.05 Å². The minimum absolute atomic E-state index is 0.519. The highest BCUT2D eigenvalue weighted by molar-refractivity contribution is 6.33. The lowest BCUT2D eigenvalue weighted by Crippen LogP contribution is -2.42. The van der Waals surface area contributed by atoms with E-state index in [0.717, 1.165) is 60.2 Å². The van der Waals surface area contributed by atoms with Crippen LogP contribution in [0.5, 0.6) is 0 Å². The first-order valence-electron chi connectivity index (χ1n) is 9.91. The van der Waals surface area contributed by atoms with Gasteiger partial charge in [-0.2, -0.15) is 0 Å². The zero-order chi connectivity index (χ0) is 19.3. The average Bonchev–Trinajstić information content (AvgIpc) is 3.04. The lowest BCUT2D eigenvalue weighted by atomic mass is 9.91. The SMILES string of the molecule is Cn1c(-c2ccccc2Cl)nc2c1CCC(N1CCc3cccc(Cl)c3C1)C2. The normalized spacial score (nSPS) is 19.3. The maximum Gasteiger partial charge on any atom is 0.141 e. The van der Waals surface area contributed by atoms with Crippen molar-refractivity contribution in [3.05, 3.63) is 75.0 Å². The predicted octanol–water partition coefficient (Wildman–Crippen LogP) is 5.31.